The molecule has 0 aliphatic carbocycles. The van der Waals surface area contributed by atoms with Crippen LogP contribution in [0.25, 0.3) is 0 Å². The zero-order valence-electron chi connectivity index (χ0n) is 11.1. The third-order valence-electron chi connectivity index (χ3n) is 2.60. The number of rotatable bonds is 5. The van der Waals surface area contributed by atoms with Crippen LogP contribution in [-0.4, -0.2) is 17.3 Å². The second-order valence-corrected chi connectivity index (χ2v) is 4.06. The van der Waals surface area contributed by atoms with E-state index < -0.39 is 5.97 Å². The highest BCUT2D eigenvalue weighted by Gasteiger charge is 2.08. The Labute approximate surface area is 116 Å². The number of ether oxygens (including phenoxy) is 1. The summed E-state index contributed by atoms with van der Waals surface area (Å²) in [5, 5.41) is 0. The molecule has 0 N–H and O–H groups in total. The van der Waals surface area contributed by atoms with E-state index in [0.29, 0.717) is 0 Å². The lowest BCUT2D eigenvalue weighted by atomic mass is 10.2. The van der Waals surface area contributed by atoms with Crippen LogP contribution in [-0.2, 0) is 11.3 Å². The fourth-order valence-corrected chi connectivity index (χ4v) is 1.62. The van der Waals surface area contributed by atoms with Crippen LogP contribution in [0.5, 0.6) is 0 Å². The van der Waals surface area contributed by atoms with Gasteiger partial charge in [0.15, 0.2) is 0 Å². The van der Waals surface area contributed by atoms with Crippen molar-refractivity contribution in [3.05, 3.63) is 70.1 Å². The molecule has 0 spiro atoms. The molecular formula is C15H15NO4. The molecule has 0 unspecified atom stereocenters. The number of carbonyl (C=O) groups excluding carboxylic acids is 1. The lowest BCUT2D eigenvalue weighted by Gasteiger charge is -2.09. The van der Waals surface area contributed by atoms with Crippen LogP contribution in [0, 0.1) is 0 Å². The Hall–Kier alpha value is -2.56. The summed E-state index contributed by atoms with van der Waals surface area (Å²) in [7, 11) is 0. The van der Waals surface area contributed by atoms with Gasteiger partial charge in [-0.15, -0.1) is 0 Å². The van der Waals surface area contributed by atoms with Crippen molar-refractivity contribution in [1.29, 1.82) is 0 Å². The average molecular weight is 273 g/mol. The molecule has 0 fully saturated rings. The summed E-state index contributed by atoms with van der Waals surface area (Å²) < 4.78 is 5.92. The Bertz CT molecular complexity index is 634. The van der Waals surface area contributed by atoms with Crippen LogP contribution >= 0.6 is 0 Å². The van der Waals surface area contributed by atoms with Crippen molar-refractivity contribution in [1.82, 2.24) is 4.73 Å². The van der Waals surface area contributed by atoms with Gasteiger partial charge in [0.25, 0.3) is 5.56 Å². The van der Waals surface area contributed by atoms with E-state index >= 15 is 0 Å². The molecule has 0 aliphatic rings. The van der Waals surface area contributed by atoms with E-state index in [-0.39, 0.29) is 24.3 Å². The highest BCUT2D eigenvalue weighted by atomic mass is 16.7. The number of carbonyl (C=O) groups is 1. The zero-order chi connectivity index (χ0) is 14.4. The van der Waals surface area contributed by atoms with Gasteiger partial charge in [0.05, 0.1) is 18.4 Å². The van der Waals surface area contributed by atoms with Crippen LogP contribution in [0.3, 0.4) is 0 Å². The molecular weight excluding hydrogens is 258 g/mol. The van der Waals surface area contributed by atoms with Gasteiger partial charge in [0.2, 0.25) is 0 Å². The van der Waals surface area contributed by atoms with Crippen LogP contribution in [0.1, 0.15) is 22.8 Å². The number of benzene rings is 1. The van der Waals surface area contributed by atoms with E-state index in [1.165, 1.54) is 18.3 Å². The molecule has 5 nitrogen and oxygen atoms in total. The molecule has 2 aromatic rings. The third kappa shape index (κ3) is 3.47. The van der Waals surface area contributed by atoms with Gasteiger partial charge in [-0.05, 0) is 18.6 Å². The molecule has 20 heavy (non-hydrogen) atoms. The summed E-state index contributed by atoms with van der Waals surface area (Å²) in [6, 6.07) is 12.1. The Balaban J connectivity index is 2.13. The van der Waals surface area contributed by atoms with Gasteiger partial charge in [-0.25, -0.2) is 4.79 Å². The SMILES string of the molecule is CCOC(=O)c1ccc(=O)n(OCc2ccccc2)c1. The second-order valence-electron chi connectivity index (χ2n) is 4.06. The predicted molar refractivity (Wildman–Crippen MR) is 73.4 cm³/mol. The monoisotopic (exact) mass is 273 g/mol. The van der Waals surface area contributed by atoms with E-state index in [0.717, 1.165) is 10.3 Å². The van der Waals surface area contributed by atoms with Crippen LogP contribution in [0.4, 0.5) is 0 Å². The predicted octanol–water partition coefficient (Wildman–Crippen LogP) is 1.65. The van der Waals surface area contributed by atoms with Crippen molar-refractivity contribution in [3.63, 3.8) is 0 Å². The summed E-state index contributed by atoms with van der Waals surface area (Å²) in [5.41, 5.74) is 0.870. The normalized spacial score (nSPS) is 10.1. The van der Waals surface area contributed by atoms with Crippen molar-refractivity contribution in [3.8, 4) is 0 Å². The summed E-state index contributed by atoms with van der Waals surface area (Å²) in [5.74, 6) is -0.482. The molecule has 0 atom stereocenters. The van der Waals surface area contributed by atoms with Gasteiger partial charge >= 0.3 is 5.97 Å². The van der Waals surface area contributed by atoms with Gasteiger partial charge in [-0.3, -0.25) is 4.79 Å². The van der Waals surface area contributed by atoms with Crippen LogP contribution in [0.15, 0.2) is 53.5 Å². The first kappa shape index (κ1) is 13.9. The van der Waals surface area contributed by atoms with Crippen molar-refractivity contribution in [2.75, 3.05) is 6.61 Å². The summed E-state index contributed by atoms with van der Waals surface area (Å²) in [6.45, 7) is 2.25. The Kier molecular flexibility index (Phi) is 4.55. The zero-order valence-corrected chi connectivity index (χ0v) is 11.1. The Morgan fingerprint density at radius 3 is 2.60 bits per heavy atom. The highest BCUT2D eigenvalue weighted by molar-refractivity contribution is 5.88. The maximum Gasteiger partial charge on any atom is 0.339 e. The van der Waals surface area contributed by atoms with E-state index in [1.54, 1.807) is 6.92 Å². The molecule has 0 saturated carbocycles. The molecule has 0 saturated heterocycles. The molecule has 1 heterocycles. The first-order valence-electron chi connectivity index (χ1n) is 6.27. The molecule has 5 heteroatoms. The molecule has 0 bridgehead atoms. The minimum absolute atomic E-state index is 0.243. The van der Waals surface area contributed by atoms with Crippen molar-refractivity contribution < 1.29 is 14.4 Å². The van der Waals surface area contributed by atoms with Crippen LogP contribution in [0.2, 0.25) is 0 Å². The summed E-state index contributed by atoms with van der Waals surface area (Å²) in [4.78, 5) is 28.6. The molecule has 2 rings (SSSR count). The first-order valence-corrected chi connectivity index (χ1v) is 6.27. The number of aromatic nitrogens is 1. The molecule has 0 aliphatic heterocycles. The van der Waals surface area contributed by atoms with Gasteiger partial charge < -0.3 is 9.57 Å². The van der Waals surface area contributed by atoms with Gasteiger partial charge in [0.1, 0.15) is 6.61 Å². The molecule has 104 valence electrons. The molecule has 1 aromatic carbocycles. The molecule has 1 aromatic heterocycles. The first-order chi connectivity index (χ1) is 9.70. The number of pyridine rings is 1. The highest BCUT2D eigenvalue weighted by Crippen LogP contribution is 2.01. The smallest absolute Gasteiger partial charge is 0.339 e. The summed E-state index contributed by atoms with van der Waals surface area (Å²) in [6.07, 6.45) is 1.34. The Morgan fingerprint density at radius 1 is 1.15 bits per heavy atom. The van der Waals surface area contributed by atoms with Gasteiger partial charge in [-0.2, -0.15) is 4.73 Å². The molecule has 0 amide bonds. The van der Waals surface area contributed by atoms with E-state index in [9.17, 15) is 9.59 Å². The maximum atomic E-state index is 11.7. The fraction of sp³-hybridized carbons (Fsp3) is 0.200. The summed E-state index contributed by atoms with van der Waals surface area (Å²) >= 11 is 0. The van der Waals surface area contributed by atoms with Crippen molar-refractivity contribution in [2.24, 2.45) is 0 Å². The van der Waals surface area contributed by atoms with Gasteiger partial charge in [0, 0.05) is 6.07 Å². The Morgan fingerprint density at radius 2 is 1.90 bits per heavy atom. The third-order valence-corrected chi connectivity index (χ3v) is 2.60. The lowest BCUT2D eigenvalue weighted by molar-refractivity contribution is 0.0512. The second kappa shape index (κ2) is 6.56. The maximum absolute atomic E-state index is 11.7. The largest absolute Gasteiger partial charge is 0.462 e. The quantitative estimate of drug-likeness (QED) is 0.777. The number of nitrogens with zero attached hydrogens (tertiary/aromatic N) is 1. The van der Waals surface area contributed by atoms with E-state index in [2.05, 4.69) is 0 Å². The van der Waals surface area contributed by atoms with Crippen molar-refractivity contribution >= 4 is 5.97 Å². The average Bonchev–Trinajstić information content (AvgIpc) is 2.47. The number of hydrogen-bond acceptors (Lipinski definition) is 4. The minimum atomic E-state index is -0.482. The number of hydrogen-bond donors (Lipinski definition) is 0. The van der Waals surface area contributed by atoms with E-state index in [4.69, 9.17) is 9.57 Å². The lowest BCUT2D eigenvalue weighted by Crippen LogP contribution is -2.26. The van der Waals surface area contributed by atoms with E-state index in [1.807, 2.05) is 30.3 Å². The minimum Gasteiger partial charge on any atom is -0.462 e. The molecule has 0 radical (unpaired) electrons. The van der Waals surface area contributed by atoms with Crippen molar-refractivity contribution in [2.45, 2.75) is 13.5 Å². The fourth-order valence-electron chi connectivity index (χ4n) is 1.62. The van der Waals surface area contributed by atoms with Gasteiger partial charge in [-0.1, -0.05) is 30.3 Å². The standard InChI is InChI=1S/C15H15NO4/c1-2-19-15(18)13-8-9-14(17)16(10-13)20-11-12-6-4-3-5-7-12/h3-10H,2,11H2,1H3. The van der Waals surface area contributed by atoms with Crippen LogP contribution < -0.4 is 10.4 Å². The number of esters is 1. The topological polar surface area (TPSA) is 57.5 Å².